The second kappa shape index (κ2) is 12.8. The van der Waals surface area contributed by atoms with Gasteiger partial charge >= 0.3 is 0 Å². The Labute approximate surface area is 220 Å². The molecule has 0 spiro atoms. The number of piperidine rings is 1. The first-order chi connectivity index (χ1) is 17.0. The van der Waals surface area contributed by atoms with Gasteiger partial charge in [0.2, 0.25) is 5.91 Å². The molecule has 2 heterocycles. The maximum Gasteiger partial charge on any atom is 0.266 e. The molecule has 1 fully saturated rings. The summed E-state index contributed by atoms with van der Waals surface area (Å²) in [7, 11) is 0. The topological polar surface area (TPSA) is 67.2 Å². The summed E-state index contributed by atoms with van der Waals surface area (Å²) in [5, 5.41) is 4.99. The van der Waals surface area contributed by atoms with Gasteiger partial charge in [0.05, 0.1) is 26.6 Å². The number of nitrogens with zero attached hydrogens (tertiary/aromatic N) is 3. The lowest BCUT2D eigenvalue weighted by atomic mass is 10.1. The number of rotatable bonds is 10. The maximum atomic E-state index is 13.3. The number of likely N-dealkylation sites (tertiary alicyclic amines) is 1. The number of benzene rings is 2. The summed E-state index contributed by atoms with van der Waals surface area (Å²) in [5.41, 5.74) is 1.13. The van der Waals surface area contributed by atoms with Crippen molar-refractivity contribution in [1.82, 2.24) is 19.8 Å². The minimum atomic E-state index is -0.149. The van der Waals surface area contributed by atoms with Crippen LogP contribution in [0.4, 0.5) is 0 Å². The third-order valence-corrected chi connectivity index (χ3v) is 7.90. The molecule has 1 saturated heterocycles. The van der Waals surface area contributed by atoms with Gasteiger partial charge in [-0.1, -0.05) is 53.5 Å². The van der Waals surface area contributed by atoms with Crippen LogP contribution >= 0.6 is 35.0 Å². The number of carbonyl (C=O) groups is 1. The van der Waals surface area contributed by atoms with E-state index in [4.69, 9.17) is 28.2 Å². The number of hydrogen-bond acceptors (Lipinski definition) is 5. The van der Waals surface area contributed by atoms with Gasteiger partial charge < -0.3 is 10.2 Å². The first-order valence-electron chi connectivity index (χ1n) is 12.1. The summed E-state index contributed by atoms with van der Waals surface area (Å²) in [6.45, 7) is 3.93. The molecule has 0 aliphatic carbocycles. The molecule has 1 aromatic heterocycles. The lowest BCUT2D eigenvalue weighted by Crippen LogP contribution is -2.37. The van der Waals surface area contributed by atoms with Crippen molar-refractivity contribution >= 4 is 51.8 Å². The van der Waals surface area contributed by atoms with E-state index in [9.17, 15) is 9.59 Å². The van der Waals surface area contributed by atoms with Crippen molar-refractivity contribution < 1.29 is 4.79 Å². The summed E-state index contributed by atoms with van der Waals surface area (Å²) in [6.07, 6.45) is 5.97. The zero-order valence-corrected chi connectivity index (χ0v) is 22.0. The molecule has 186 valence electrons. The van der Waals surface area contributed by atoms with Crippen molar-refractivity contribution in [3.8, 4) is 5.69 Å². The Kier molecular flexibility index (Phi) is 9.49. The van der Waals surface area contributed by atoms with Crippen LogP contribution in [0.3, 0.4) is 0 Å². The number of amides is 1. The molecule has 0 radical (unpaired) electrons. The highest BCUT2D eigenvalue weighted by Crippen LogP contribution is 2.27. The van der Waals surface area contributed by atoms with E-state index in [0.29, 0.717) is 44.8 Å². The van der Waals surface area contributed by atoms with E-state index >= 15 is 0 Å². The Balaban J connectivity index is 1.34. The van der Waals surface area contributed by atoms with E-state index in [1.54, 1.807) is 28.8 Å². The Hall–Kier alpha value is -2.06. The highest BCUT2D eigenvalue weighted by Gasteiger charge is 2.15. The Morgan fingerprint density at radius 1 is 1.03 bits per heavy atom. The quantitative estimate of drug-likeness (QED) is 0.210. The van der Waals surface area contributed by atoms with Crippen molar-refractivity contribution in [2.24, 2.45) is 0 Å². The standard InChI is InChI=1S/C26H30Cl2N4O2S/c27-21-12-11-19(18-22(21)28)32-25(34)20-8-2-3-9-23(20)30-26(32)35-17-7-4-10-24(33)29-13-16-31-14-5-1-6-15-31/h2-3,8-9,11-12,18H,1,4-7,10,13-17H2,(H,29,33). The van der Waals surface area contributed by atoms with Gasteiger partial charge in [-0.3, -0.25) is 14.2 Å². The molecule has 1 N–H and O–H groups in total. The van der Waals surface area contributed by atoms with Crippen LogP contribution in [0.25, 0.3) is 16.6 Å². The minimum absolute atomic E-state index is 0.101. The minimum Gasteiger partial charge on any atom is -0.355 e. The molecule has 3 aromatic rings. The number of hydrogen-bond donors (Lipinski definition) is 1. The van der Waals surface area contributed by atoms with Crippen LogP contribution < -0.4 is 10.9 Å². The van der Waals surface area contributed by atoms with Gasteiger partial charge in [-0.15, -0.1) is 0 Å². The molecular weight excluding hydrogens is 503 g/mol. The smallest absolute Gasteiger partial charge is 0.266 e. The lowest BCUT2D eigenvalue weighted by molar-refractivity contribution is -0.121. The number of halogens is 2. The number of para-hydroxylation sites is 1. The summed E-state index contributed by atoms with van der Waals surface area (Å²) < 4.78 is 1.59. The molecule has 0 saturated carbocycles. The molecule has 6 nitrogen and oxygen atoms in total. The fraction of sp³-hybridized carbons (Fsp3) is 0.423. The SMILES string of the molecule is O=C(CCCCSc1nc2ccccc2c(=O)n1-c1ccc(Cl)c(Cl)c1)NCCN1CCCCC1. The number of fused-ring (bicyclic) bond motifs is 1. The third kappa shape index (κ3) is 7.00. The summed E-state index contributed by atoms with van der Waals surface area (Å²) in [5.74, 6) is 0.844. The van der Waals surface area contributed by atoms with Crippen molar-refractivity contribution in [1.29, 1.82) is 0 Å². The molecule has 0 unspecified atom stereocenters. The summed E-state index contributed by atoms with van der Waals surface area (Å²) in [6, 6.07) is 12.4. The zero-order valence-electron chi connectivity index (χ0n) is 19.6. The number of thioether (sulfide) groups is 1. The van der Waals surface area contributed by atoms with E-state index in [-0.39, 0.29) is 11.5 Å². The number of aromatic nitrogens is 2. The highest BCUT2D eigenvalue weighted by molar-refractivity contribution is 7.99. The monoisotopic (exact) mass is 532 g/mol. The first kappa shape index (κ1) is 26.0. The molecule has 2 aromatic carbocycles. The van der Waals surface area contributed by atoms with Crippen LogP contribution in [0.1, 0.15) is 38.5 Å². The Morgan fingerprint density at radius 2 is 1.83 bits per heavy atom. The van der Waals surface area contributed by atoms with Gasteiger partial charge in [-0.05, 0) is 69.1 Å². The highest BCUT2D eigenvalue weighted by atomic mass is 35.5. The van der Waals surface area contributed by atoms with Crippen molar-refractivity contribution in [3.05, 3.63) is 62.9 Å². The fourth-order valence-electron chi connectivity index (χ4n) is 4.24. The predicted molar refractivity (Wildman–Crippen MR) is 145 cm³/mol. The van der Waals surface area contributed by atoms with Crippen molar-refractivity contribution in [2.75, 3.05) is 31.9 Å². The summed E-state index contributed by atoms with van der Waals surface area (Å²) in [4.78, 5) is 32.7. The Morgan fingerprint density at radius 3 is 2.63 bits per heavy atom. The van der Waals surface area contributed by atoms with E-state index in [2.05, 4.69) is 10.2 Å². The van der Waals surface area contributed by atoms with Crippen LogP contribution in [0, 0.1) is 0 Å². The van der Waals surface area contributed by atoms with E-state index < -0.39 is 0 Å². The molecule has 1 amide bonds. The van der Waals surface area contributed by atoms with Crippen LogP contribution in [0.5, 0.6) is 0 Å². The number of nitrogens with one attached hydrogen (secondary N) is 1. The summed E-state index contributed by atoms with van der Waals surface area (Å²) >= 11 is 13.8. The van der Waals surface area contributed by atoms with Gasteiger partial charge in [-0.25, -0.2) is 4.98 Å². The fourth-order valence-corrected chi connectivity index (χ4v) is 5.54. The van der Waals surface area contributed by atoms with Crippen LogP contribution in [0.2, 0.25) is 10.0 Å². The predicted octanol–water partition coefficient (Wildman–Crippen LogP) is 5.56. The maximum absolute atomic E-state index is 13.3. The van der Waals surface area contributed by atoms with Gasteiger partial charge in [0, 0.05) is 25.3 Å². The zero-order chi connectivity index (χ0) is 24.6. The number of carbonyl (C=O) groups excluding carboxylic acids is 1. The second-order valence-corrected chi connectivity index (χ2v) is 10.6. The van der Waals surface area contributed by atoms with Gasteiger partial charge in [-0.2, -0.15) is 0 Å². The average molecular weight is 534 g/mol. The Bertz CT molecular complexity index is 1230. The van der Waals surface area contributed by atoms with E-state index in [1.165, 1.54) is 31.0 Å². The van der Waals surface area contributed by atoms with Gasteiger partial charge in [0.25, 0.3) is 5.56 Å². The third-order valence-electron chi connectivity index (χ3n) is 6.13. The normalized spacial score (nSPS) is 14.3. The molecule has 4 rings (SSSR count). The molecule has 1 aliphatic rings. The van der Waals surface area contributed by atoms with E-state index in [1.807, 2.05) is 18.2 Å². The van der Waals surface area contributed by atoms with Gasteiger partial charge in [0.1, 0.15) is 0 Å². The van der Waals surface area contributed by atoms with E-state index in [0.717, 1.165) is 38.2 Å². The lowest BCUT2D eigenvalue weighted by Gasteiger charge is -2.26. The molecular formula is C26H30Cl2N4O2S. The average Bonchev–Trinajstić information content (AvgIpc) is 2.86. The second-order valence-electron chi connectivity index (χ2n) is 8.71. The molecule has 9 heteroatoms. The van der Waals surface area contributed by atoms with Gasteiger partial charge in [0.15, 0.2) is 5.16 Å². The molecule has 0 bridgehead atoms. The van der Waals surface area contributed by atoms with Crippen molar-refractivity contribution in [2.45, 2.75) is 43.7 Å². The van der Waals surface area contributed by atoms with Crippen LogP contribution in [0.15, 0.2) is 52.4 Å². The molecule has 35 heavy (non-hydrogen) atoms. The largest absolute Gasteiger partial charge is 0.355 e. The van der Waals surface area contributed by atoms with Crippen LogP contribution in [-0.4, -0.2) is 52.3 Å². The first-order valence-corrected chi connectivity index (χ1v) is 13.9. The van der Waals surface area contributed by atoms with Crippen molar-refractivity contribution in [3.63, 3.8) is 0 Å². The molecule has 1 aliphatic heterocycles. The number of unbranched alkanes of at least 4 members (excludes halogenated alkanes) is 1. The molecule has 0 atom stereocenters. The van der Waals surface area contributed by atoms with Crippen LogP contribution in [-0.2, 0) is 4.79 Å².